The van der Waals surface area contributed by atoms with Gasteiger partial charge in [0.15, 0.2) is 0 Å². The number of nitrogens with one attached hydrogen (secondary N) is 1. The molecular formula is C15H23N3O4. The number of fused-ring (bicyclic) bond motifs is 1. The first-order valence-corrected chi connectivity index (χ1v) is 7.74. The maximum Gasteiger partial charge on any atom is 0.242 e. The first-order chi connectivity index (χ1) is 10.5. The Bertz CT molecular complexity index is 571. The summed E-state index contributed by atoms with van der Waals surface area (Å²) in [6.07, 6.45) is -0.281. The van der Waals surface area contributed by atoms with Crippen LogP contribution in [0.25, 0.3) is 0 Å². The van der Waals surface area contributed by atoms with Crippen molar-refractivity contribution in [2.45, 2.75) is 58.1 Å². The van der Waals surface area contributed by atoms with Crippen molar-refractivity contribution in [3.05, 3.63) is 17.0 Å². The van der Waals surface area contributed by atoms with E-state index < -0.39 is 6.10 Å². The van der Waals surface area contributed by atoms with Gasteiger partial charge in [0.05, 0.1) is 24.9 Å². The van der Waals surface area contributed by atoms with E-state index in [0.29, 0.717) is 6.61 Å². The van der Waals surface area contributed by atoms with Gasteiger partial charge in [0.25, 0.3) is 0 Å². The first kappa shape index (κ1) is 15.5. The summed E-state index contributed by atoms with van der Waals surface area (Å²) in [7, 11) is 0. The molecule has 1 aromatic rings. The molecule has 3 rings (SSSR count). The average molecular weight is 309 g/mol. The van der Waals surface area contributed by atoms with Gasteiger partial charge in [-0.15, -0.1) is 0 Å². The van der Waals surface area contributed by atoms with Gasteiger partial charge in [0.1, 0.15) is 24.9 Å². The van der Waals surface area contributed by atoms with E-state index in [-0.39, 0.29) is 37.3 Å². The summed E-state index contributed by atoms with van der Waals surface area (Å²) in [5.74, 6) is -0.118. The van der Waals surface area contributed by atoms with E-state index in [0.717, 1.165) is 17.8 Å². The number of aliphatic hydroxyl groups is 1. The van der Waals surface area contributed by atoms with Gasteiger partial charge in [0, 0.05) is 5.69 Å². The SMILES string of the molecule is CCc1c(C)nn(CC(=O)N[C@H]2CO[C@H]3[C@@H]2OC[C@H]3O)c1C. The summed E-state index contributed by atoms with van der Waals surface area (Å²) < 4.78 is 12.7. The van der Waals surface area contributed by atoms with Crippen LogP contribution >= 0.6 is 0 Å². The third-order valence-electron chi connectivity index (χ3n) is 4.55. The molecule has 0 spiro atoms. The predicted octanol–water partition coefficient (Wildman–Crippen LogP) is -0.294. The molecule has 0 radical (unpaired) electrons. The highest BCUT2D eigenvalue weighted by atomic mass is 16.6. The molecule has 2 aliphatic rings. The van der Waals surface area contributed by atoms with Crippen molar-refractivity contribution >= 4 is 5.91 Å². The Morgan fingerprint density at radius 2 is 2.09 bits per heavy atom. The van der Waals surface area contributed by atoms with Gasteiger partial charge in [-0.2, -0.15) is 5.10 Å². The third kappa shape index (κ3) is 2.64. The van der Waals surface area contributed by atoms with Crippen LogP contribution in [0.5, 0.6) is 0 Å². The van der Waals surface area contributed by atoms with Gasteiger partial charge in [0.2, 0.25) is 5.91 Å². The number of aromatic nitrogens is 2. The highest BCUT2D eigenvalue weighted by molar-refractivity contribution is 5.76. The highest BCUT2D eigenvalue weighted by Gasteiger charge is 2.47. The van der Waals surface area contributed by atoms with Crippen LogP contribution in [-0.2, 0) is 27.2 Å². The number of ether oxygens (including phenoxy) is 2. The lowest BCUT2D eigenvalue weighted by molar-refractivity contribution is -0.123. The predicted molar refractivity (Wildman–Crippen MR) is 78.5 cm³/mol. The smallest absolute Gasteiger partial charge is 0.242 e. The monoisotopic (exact) mass is 309 g/mol. The van der Waals surface area contributed by atoms with Crippen molar-refractivity contribution < 1.29 is 19.4 Å². The van der Waals surface area contributed by atoms with E-state index >= 15 is 0 Å². The lowest BCUT2D eigenvalue weighted by Gasteiger charge is -2.17. The van der Waals surface area contributed by atoms with Gasteiger partial charge in [-0.25, -0.2) is 0 Å². The molecular weight excluding hydrogens is 286 g/mol. The summed E-state index contributed by atoms with van der Waals surface area (Å²) in [5.41, 5.74) is 3.20. The Balaban J connectivity index is 1.62. The van der Waals surface area contributed by atoms with E-state index in [1.54, 1.807) is 4.68 Å². The Morgan fingerprint density at radius 3 is 2.77 bits per heavy atom. The molecule has 1 amide bonds. The minimum absolute atomic E-state index is 0.118. The fourth-order valence-corrected chi connectivity index (χ4v) is 3.39. The normalized spacial score (nSPS) is 30.5. The molecule has 1 aromatic heterocycles. The van der Waals surface area contributed by atoms with E-state index in [9.17, 15) is 9.90 Å². The fraction of sp³-hybridized carbons (Fsp3) is 0.733. The maximum absolute atomic E-state index is 12.3. The molecule has 0 saturated carbocycles. The number of hydrogen-bond donors (Lipinski definition) is 2. The van der Waals surface area contributed by atoms with Crippen LogP contribution in [0.1, 0.15) is 23.9 Å². The second-order valence-corrected chi connectivity index (χ2v) is 6.00. The minimum atomic E-state index is -0.602. The van der Waals surface area contributed by atoms with Crippen LogP contribution in [0.2, 0.25) is 0 Å². The minimum Gasteiger partial charge on any atom is -0.388 e. The van der Waals surface area contributed by atoms with Crippen molar-refractivity contribution in [1.29, 1.82) is 0 Å². The van der Waals surface area contributed by atoms with Gasteiger partial charge in [-0.1, -0.05) is 6.92 Å². The number of carbonyl (C=O) groups is 1. The quantitative estimate of drug-likeness (QED) is 0.798. The largest absolute Gasteiger partial charge is 0.388 e. The number of rotatable bonds is 4. The van der Waals surface area contributed by atoms with Gasteiger partial charge < -0.3 is 19.9 Å². The zero-order chi connectivity index (χ0) is 15.9. The number of aliphatic hydroxyl groups excluding tert-OH is 1. The Kier molecular flexibility index (Phi) is 4.20. The molecule has 0 aromatic carbocycles. The van der Waals surface area contributed by atoms with Crippen molar-refractivity contribution in [1.82, 2.24) is 15.1 Å². The number of aryl methyl sites for hydroxylation is 1. The van der Waals surface area contributed by atoms with Gasteiger partial charge >= 0.3 is 0 Å². The molecule has 0 unspecified atom stereocenters. The Labute approximate surface area is 129 Å². The Morgan fingerprint density at radius 1 is 1.36 bits per heavy atom. The van der Waals surface area contributed by atoms with Crippen LogP contribution in [0.15, 0.2) is 0 Å². The zero-order valence-electron chi connectivity index (χ0n) is 13.2. The number of amides is 1. The maximum atomic E-state index is 12.3. The van der Waals surface area contributed by atoms with Crippen LogP contribution < -0.4 is 5.32 Å². The number of carbonyl (C=O) groups excluding carboxylic acids is 1. The zero-order valence-corrected chi connectivity index (χ0v) is 13.2. The van der Waals surface area contributed by atoms with Crippen molar-refractivity contribution in [2.75, 3.05) is 13.2 Å². The number of hydrogen-bond acceptors (Lipinski definition) is 5. The number of nitrogens with zero attached hydrogens (tertiary/aromatic N) is 2. The second kappa shape index (κ2) is 5.98. The van der Waals surface area contributed by atoms with Gasteiger partial charge in [-0.3, -0.25) is 9.48 Å². The molecule has 22 heavy (non-hydrogen) atoms. The van der Waals surface area contributed by atoms with E-state index in [2.05, 4.69) is 17.3 Å². The topological polar surface area (TPSA) is 85.6 Å². The molecule has 0 aliphatic carbocycles. The molecule has 7 heteroatoms. The summed E-state index contributed by atoms with van der Waals surface area (Å²) in [6.45, 7) is 6.85. The van der Waals surface area contributed by atoms with E-state index in [1.807, 2.05) is 13.8 Å². The lowest BCUT2D eigenvalue weighted by atomic mass is 10.1. The van der Waals surface area contributed by atoms with Crippen LogP contribution in [0.4, 0.5) is 0 Å². The lowest BCUT2D eigenvalue weighted by Crippen LogP contribution is -2.45. The summed E-state index contributed by atoms with van der Waals surface area (Å²) in [6, 6.07) is -0.211. The molecule has 3 heterocycles. The summed E-state index contributed by atoms with van der Waals surface area (Å²) in [4.78, 5) is 12.3. The van der Waals surface area contributed by atoms with Crippen LogP contribution in [0, 0.1) is 13.8 Å². The van der Waals surface area contributed by atoms with Crippen molar-refractivity contribution in [3.8, 4) is 0 Å². The molecule has 4 atom stereocenters. The fourth-order valence-electron chi connectivity index (χ4n) is 3.39. The summed E-state index contributed by atoms with van der Waals surface area (Å²) in [5, 5.41) is 17.1. The molecule has 7 nitrogen and oxygen atoms in total. The highest BCUT2D eigenvalue weighted by Crippen LogP contribution is 2.26. The Hall–Kier alpha value is -1.44. The molecule has 2 fully saturated rings. The second-order valence-electron chi connectivity index (χ2n) is 6.00. The molecule has 122 valence electrons. The first-order valence-electron chi connectivity index (χ1n) is 7.74. The van der Waals surface area contributed by atoms with Gasteiger partial charge in [-0.05, 0) is 25.8 Å². The molecule has 2 saturated heterocycles. The third-order valence-corrected chi connectivity index (χ3v) is 4.55. The van der Waals surface area contributed by atoms with E-state index in [4.69, 9.17) is 9.47 Å². The van der Waals surface area contributed by atoms with Crippen LogP contribution in [-0.4, -0.2) is 58.4 Å². The van der Waals surface area contributed by atoms with Crippen molar-refractivity contribution in [3.63, 3.8) is 0 Å². The molecule has 0 bridgehead atoms. The summed E-state index contributed by atoms with van der Waals surface area (Å²) >= 11 is 0. The molecule has 2 aliphatic heterocycles. The average Bonchev–Trinajstić information content (AvgIpc) is 3.10. The molecule has 2 N–H and O–H groups in total. The van der Waals surface area contributed by atoms with Crippen LogP contribution in [0.3, 0.4) is 0 Å². The van der Waals surface area contributed by atoms with E-state index in [1.165, 1.54) is 5.56 Å². The van der Waals surface area contributed by atoms with Crippen molar-refractivity contribution in [2.24, 2.45) is 0 Å². The standard InChI is InChI=1S/C15H23N3O4/c1-4-10-8(2)17-18(9(10)3)5-13(20)16-11-6-21-15-12(19)7-22-14(11)15/h11-12,14-15,19H,4-7H2,1-3H3,(H,16,20)/t11-,12+,14+,15+/m0/s1.